The van der Waals surface area contributed by atoms with Gasteiger partial charge < -0.3 is 15.6 Å². The topological polar surface area (TPSA) is 60.1 Å². The number of nitrogens with one attached hydrogen (secondary N) is 1. The maximum Gasteiger partial charge on any atom is 0.241 e. The normalized spacial score (nSPS) is 12.1. The van der Waals surface area contributed by atoms with Crippen LogP contribution in [-0.2, 0) is 4.79 Å². The Bertz CT molecular complexity index is 554. The van der Waals surface area contributed by atoms with E-state index in [0.717, 1.165) is 17.1 Å². The van der Waals surface area contributed by atoms with Crippen molar-refractivity contribution in [2.24, 2.45) is 5.73 Å². The zero-order chi connectivity index (χ0) is 14.4. The van der Waals surface area contributed by atoms with E-state index < -0.39 is 6.04 Å². The molecular weight excluding hydrogens is 270 g/mol. The lowest BCUT2D eigenvalue weighted by Crippen LogP contribution is -2.36. The van der Waals surface area contributed by atoms with Gasteiger partial charge in [0.05, 0.1) is 6.04 Å². The van der Waals surface area contributed by atoms with Crippen molar-refractivity contribution in [3.63, 3.8) is 0 Å². The molecule has 0 spiro atoms. The van der Waals surface area contributed by atoms with Crippen molar-refractivity contribution in [1.82, 2.24) is 4.57 Å². The Labute approximate surface area is 123 Å². The number of nitrogens with zero attached hydrogens (tertiary/aromatic N) is 1. The van der Waals surface area contributed by atoms with E-state index in [4.69, 9.17) is 5.73 Å². The maximum atomic E-state index is 12.0. The number of amides is 1. The number of thioether (sulfide) groups is 1. The molecule has 3 N–H and O–H groups in total. The summed E-state index contributed by atoms with van der Waals surface area (Å²) in [5, 5.41) is 2.87. The van der Waals surface area contributed by atoms with Crippen LogP contribution in [0, 0.1) is 0 Å². The van der Waals surface area contributed by atoms with Gasteiger partial charge in [0.2, 0.25) is 5.91 Å². The predicted octanol–water partition coefficient (Wildman–Crippen LogP) is 2.50. The molecule has 0 aliphatic carbocycles. The molecule has 5 heteroatoms. The molecule has 4 nitrogen and oxygen atoms in total. The van der Waals surface area contributed by atoms with Crippen LogP contribution in [0.4, 0.5) is 5.69 Å². The third-order valence-corrected chi connectivity index (χ3v) is 3.63. The molecule has 0 aliphatic heterocycles. The molecule has 2 aromatic rings. The molecule has 0 radical (unpaired) electrons. The number of aromatic nitrogens is 1. The molecule has 0 saturated carbocycles. The van der Waals surface area contributed by atoms with Crippen molar-refractivity contribution in [3.8, 4) is 5.69 Å². The smallest absolute Gasteiger partial charge is 0.241 e. The van der Waals surface area contributed by atoms with Crippen LogP contribution in [0.15, 0.2) is 48.8 Å². The van der Waals surface area contributed by atoms with Crippen molar-refractivity contribution in [2.75, 3.05) is 17.3 Å². The first kappa shape index (κ1) is 14.7. The quantitative estimate of drug-likeness (QED) is 0.859. The lowest BCUT2D eigenvalue weighted by molar-refractivity contribution is -0.117. The number of hydrogen-bond acceptors (Lipinski definition) is 3. The monoisotopic (exact) mass is 289 g/mol. The Hall–Kier alpha value is -1.72. The fourth-order valence-electron chi connectivity index (χ4n) is 1.86. The summed E-state index contributed by atoms with van der Waals surface area (Å²) in [6.07, 6.45) is 6.62. The molecule has 0 fully saturated rings. The number of nitrogens with two attached hydrogens (primary N) is 1. The van der Waals surface area contributed by atoms with Crippen LogP contribution in [0.1, 0.15) is 6.42 Å². The second-order valence-corrected chi connectivity index (χ2v) is 5.50. The van der Waals surface area contributed by atoms with Gasteiger partial charge in [0.25, 0.3) is 0 Å². The van der Waals surface area contributed by atoms with Crippen molar-refractivity contribution in [1.29, 1.82) is 0 Å². The fraction of sp³-hybridized carbons (Fsp3) is 0.267. The summed E-state index contributed by atoms with van der Waals surface area (Å²) < 4.78 is 1.99. The van der Waals surface area contributed by atoms with E-state index in [1.807, 2.05) is 59.6 Å². The largest absolute Gasteiger partial charge is 0.325 e. The average Bonchev–Trinajstić information content (AvgIpc) is 2.99. The highest BCUT2D eigenvalue weighted by Crippen LogP contribution is 2.15. The molecule has 0 bridgehead atoms. The van der Waals surface area contributed by atoms with Gasteiger partial charge in [-0.1, -0.05) is 6.07 Å². The Morgan fingerprint density at radius 3 is 2.80 bits per heavy atom. The lowest BCUT2D eigenvalue weighted by Gasteiger charge is -2.12. The van der Waals surface area contributed by atoms with Crippen molar-refractivity contribution in [2.45, 2.75) is 12.5 Å². The summed E-state index contributed by atoms with van der Waals surface area (Å²) in [6, 6.07) is 11.2. The highest BCUT2D eigenvalue weighted by Gasteiger charge is 2.13. The molecule has 1 heterocycles. The van der Waals surface area contributed by atoms with E-state index in [1.165, 1.54) is 0 Å². The standard InChI is InChI=1S/C15H19N3OS/c1-20-10-7-14(16)15(19)17-12-5-4-6-13(11-12)18-8-2-3-9-18/h2-6,8-9,11,14H,7,10,16H2,1H3,(H,17,19)/t14-/m1/s1. The Kier molecular flexibility index (Phi) is 5.26. The van der Waals surface area contributed by atoms with Gasteiger partial charge in [0, 0.05) is 23.8 Å². The molecule has 1 aromatic heterocycles. The third kappa shape index (κ3) is 3.88. The highest BCUT2D eigenvalue weighted by atomic mass is 32.2. The van der Waals surface area contributed by atoms with Gasteiger partial charge in [-0.25, -0.2) is 0 Å². The van der Waals surface area contributed by atoms with E-state index in [1.54, 1.807) is 11.8 Å². The van der Waals surface area contributed by atoms with Gasteiger partial charge in [-0.05, 0) is 48.8 Å². The molecule has 106 valence electrons. The molecule has 0 aliphatic rings. The Balaban J connectivity index is 2.03. The van der Waals surface area contributed by atoms with Gasteiger partial charge in [0.1, 0.15) is 0 Å². The van der Waals surface area contributed by atoms with Crippen LogP contribution < -0.4 is 11.1 Å². The number of carbonyl (C=O) groups excluding carboxylic acids is 1. The summed E-state index contributed by atoms with van der Waals surface area (Å²) in [7, 11) is 0. The van der Waals surface area contributed by atoms with Crippen molar-refractivity contribution in [3.05, 3.63) is 48.8 Å². The van der Waals surface area contributed by atoms with Gasteiger partial charge in [-0.2, -0.15) is 11.8 Å². The summed E-state index contributed by atoms with van der Waals surface area (Å²) in [5.41, 5.74) is 7.62. The molecular formula is C15H19N3OS. The highest BCUT2D eigenvalue weighted by molar-refractivity contribution is 7.98. The number of rotatable bonds is 6. The van der Waals surface area contributed by atoms with E-state index in [-0.39, 0.29) is 5.91 Å². The minimum Gasteiger partial charge on any atom is -0.325 e. The first-order valence-electron chi connectivity index (χ1n) is 6.49. The number of anilines is 1. The lowest BCUT2D eigenvalue weighted by atomic mass is 10.2. The SMILES string of the molecule is CSCC[C@@H](N)C(=O)Nc1cccc(-n2cccc2)c1. The minimum atomic E-state index is -0.460. The molecule has 1 aromatic carbocycles. The van der Waals surface area contributed by atoms with Crippen LogP contribution in [-0.4, -0.2) is 28.5 Å². The van der Waals surface area contributed by atoms with E-state index >= 15 is 0 Å². The molecule has 0 unspecified atom stereocenters. The van der Waals surface area contributed by atoms with E-state index in [2.05, 4.69) is 5.32 Å². The zero-order valence-electron chi connectivity index (χ0n) is 11.5. The van der Waals surface area contributed by atoms with E-state index in [0.29, 0.717) is 6.42 Å². The number of hydrogen-bond donors (Lipinski definition) is 2. The Morgan fingerprint density at radius 1 is 1.35 bits per heavy atom. The van der Waals surface area contributed by atoms with Crippen LogP contribution >= 0.6 is 11.8 Å². The zero-order valence-corrected chi connectivity index (χ0v) is 12.3. The summed E-state index contributed by atoms with van der Waals surface area (Å²) in [6.45, 7) is 0. The summed E-state index contributed by atoms with van der Waals surface area (Å²) in [5.74, 6) is 0.751. The first-order valence-corrected chi connectivity index (χ1v) is 7.89. The van der Waals surface area contributed by atoms with Gasteiger partial charge in [0.15, 0.2) is 0 Å². The molecule has 1 atom stereocenters. The van der Waals surface area contributed by atoms with Crippen LogP contribution in [0.2, 0.25) is 0 Å². The maximum absolute atomic E-state index is 12.0. The van der Waals surface area contributed by atoms with Crippen molar-refractivity contribution < 1.29 is 4.79 Å². The summed E-state index contributed by atoms with van der Waals surface area (Å²) in [4.78, 5) is 12.0. The minimum absolute atomic E-state index is 0.135. The number of benzene rings is 1. The average molecular weight is 289 g/mol. The van der Waals surface area contributed by atoms with Gasteiger partial charge in [-0.15, -0.1) is 0 Å². The van der Waals surface area contributed by atoms with Crippen LogP contribution in [0.25, 0.3) is 5.69 Å². The Morgan fingerprint density at radius 2 is 2.10 bits per heavy atom. The summed E-state index contributed by atoms with van der Waals surface area (Å²) >= 11 is 1.69. The second-order valence-electron chi connectivity index (χ2n) is 4.52. The van der Waals surface area contributed by atoms with Gasteiger partial charge >= 0.3 is 0 Å². The molecule has 0 saturated heterocycles. The van der Waals surface area contributed by atoms with E-state index in [9.17, 15) is 4.79 Å². The number of carbonyl (C=O) groups is 1. The molecule has 20 heavy (non-hydrogen) atoms. The fourth-order valence-corrected chi connectivity index (χ4v) is 2.35. The van der Waals surface area contributed by atoms with Crippen molar-refractivity contribution >= 4 is 23.4 Å². The van der Waals surface area contributed by atoms with Gasteiger partial charge in [-0.3, -0.25) is 4.79 Å². The van der Waals surface area contributed by atoms with Crippen LogP contribution in [0.3, 0.4) is 0 Å². The van der Waals surface area contributed by atoms with Crippen LogP contribution in [0.5, 0.6) is 0 Å². The third-order valence-electron chi connectivity index (χ3n) is 2.99. The molecule has 1 amide bonds. The molecule has 2 rings (SSSR count). The predicted molar refractivity (Wildman–Crippen MR) is 85.4 cm³/mol. The second kappa shape index (κ2) is 7.17. The first-order chi connectivity index (χ1) is 9.70.